The first kappa shape index (κ1) is 18.4. The van der Waals surface area contributed by atoms with Crippen molar-refractivity contribution in [2.45, 2.75) is 19.3 Å². The lowest BCUT2D eigenvalue weighted by molar-refractivity contribution is 0.102. The van der Waals surface area contributed by atoms with Crippen LogP contribution in [0.1, 0.15) is 29.6 Å². The fourth-order valence-electron chi connectivity index (χ4n) is 3.23. The van der Waals surface area contributed by atoms with Gasteiger partial charge in [0.25, 0.3) is 5.91 Å². The molecule has 26 heavy (non-hydrogen) atoms. The lowest BCUT2D eigenvalue weighted by Crippen LogP contribution is -2.30. The van der Waals surface area contributed by atoms with E-state index in [1.807, 2.05) is 18.2 Å². The van der Waals surface area contributed by atoms with Gasteiger partial charge in [0.15, 0.2) is 11.5 Å². The lowest BCUT2D eigenvalue weighted by Gasteiger charge is -2.31. The third-order valence-corrected chi connectivity index (χ3v) is 4.86. The first-order valence-corrected chi connectivity index (χ1v) is 9.08. The van der Waals surface area contributed by atoms with Crippen LogP contribution in [0.2, 0.25) is 5.02 Å². The van der Waals surface area contributed by atoms with E-state index < -0.39 is 0 Å². The highest BCUT2D eigenvalue weighted by molar-refractivity contribution is 6.34. The van der Waals surface area contributed by atoms with Crippen LogP contribution in [0.25, 0.3) is 0 Å². The Bertz CT molecular complexity index is 789. The smallest absolute Gasteiger partial charge is 0.255 e. The number of carbonyl (C=O) groups excluding carboxylic acids is 1. The van der Waals surface area contributed by atoms with Gasteiger partial charge in [-0.25, -0.2) is 0 Å². The Balaban J connectivity index is 1.87. The number of hydrogen-bond acceptors (Lipinski definition) is 4. The van der Waals surface area contributed by atoms with E-state index in [2.05, 4.69) is 10.2 Å². The third kappa shape index (κ3) is 3.88. The number of nitrogens with zero attached hydrogens (tertiary/aromatic N) is 1. The number of benzene rings is 2. The van der Waals surface area contributed by atoms with E-state index in [0.717, 1.165) is 37.3 Å². The first-order valence-electron chi connectivity index (χ1n) is 8.71. The van der Waals surface area contributed by atoms with Crippen LogP contribution in [0.4, 0.5) is 11.4 Å². The van der Waals surface area contributed by atoms with Gasteiger partial charge in [0.05, 0.1) is 30.6 Å². The molecule has 3 rings (SSSR count). The zero-order valence-corrected chi connectivity index (χ0v) is 15.8. The molecule has 1 heterocycles. The number of ether oxygens (including phenoxy) is 2. The molecule has 1 aliphatic rings. The average Bonchev–Trinajstić information content (AvgIpc) is 2.68. The SMILES string of the molecule is COc1ccc(C(=O)Nc2cccc(Cl)c2N2CCCCC2)cc1OC. The minimum Gasteiger partial charge on any atom is -0.493 e. The zero-order chi connectivity index (χ0) is 18.5. The first-order chi connectivity index (χ1) is 12.6. The summed E-state index contributed by atoms with van der Waals surface area (Å²) in [6, 6.07) is 10.7. The van der Waals surface area contributed by atoms with Crippen LogP contribution in [0.3, 0.4) is 0 Å². The summed E-state index contributed by atoms with van der Waals surface area (Å²) in [5.41, 5.74) is 2.11. The van der Waals surface area contributed by atoms with Gasteiger partial charge in [-0.1, -0.05) is 17.7 Å². The number of nitrogens with one attached hydrogen (secondary N) is 1. The molecule has 1 saturated heterocycles. The molecule has 0 radical (unpaired) electrons. The molecule has 6 heteroatoms. The van der Waals surface area contributed by atoms with E-state index in [-0.39, 0.29) is 5.91 Å². The molecule has 2 aromatic carbocycles. The topological polar surface area (TPSA) is 50.8 Å². The van der Waals surface area contributed by atoms with Crippen molar-refractivity contribution in [1.29, 1.82) is 0 Å². The minimum atomic E-state index is -0.216. The number of methoxy groups -OCH3 is 2. The van der Waals surface area contributed by atoms with Crippen molar-refractivity contribution in [2.75, 3.05) is 37.5 Å². The number of piperidine rings is 1. The molecular formula is C20H23ClN2O3. The molecule has 1 aliphatic heterocycles. The molecule has 0 bridgehead atoms. The number of halogens is 1. The molecule has 1 fully saturated rings. The fourth-order valence-corrected chi connectivity index (χ4v) is 3.52. The van der Waals surface area contributed by atoms with E-state index >= 15 is 0 Å². The Morgan fingerprint density at radius 1 is 1.04 bits per heavy atom. The summed E-state index contributed by atoms with van der Waals surface area (Å²) in [7, 11) is 3.11. The number of anilines is 2. The van der Waals surface area contributed by atoms with Gasteiger partial charge in [0.1, 0.15) is 0 Å². The summed E-state index contributed by atoms with van der Waals surface area (Å²) in [6.45, 7) is 1.89. The summed E-state index contributed by atoms with van der Waals surface area (Å²) in [6.07, 6.45) is 3.50. The van der Waals surface area contributed by atoms with Crippen LogP contribution in [0, 0.1) is 0 Å². The predicted octanol–water partition coefficient (Wildman–Crippen LogP) is 4.60. The number of carbonyl (C=O) groups is 1. The minimum absolute atomic E-state index is 0.216. The highest BCUT2D eigenvalue weighted by Crippen LogP contribution is 2.36. The van der Waals surface area contributed by atoms with Crippen molar-refractivity contribution in [3.8, 4) is 11.5 Å². The van der Waals surface area contributed by atoms with Gasteiger partial charge >= 0.3 is 0 Å². The Hall–Kier alpha value is -2.40. The number of amides is 1. The second kappa shape index (κ2) is 8.32. The van der Waals surface area contributed by atoms with Gasteiger partial charge in [-0.05, 0) is 49.6 Å². The molecular weight excluding hydrogens is 352 g/mol. The number of para-hydroxylation sites is 1. The van der Waals surface area contributed by atoms with Gasteiger partial charge in [0.2, 0.25) is 0 Å². The summed E-state index contributed by atoms with van der Waals surface area (Å²) >= 11 is 6.45. The van der Waals surface area contributed by atoms with Crippen LogP contribution >= 0.6 is 11.6 Å². The summed E-state index contributed by atoms with van der Waals surface area (Å²) < 4.78 is 10.5. The standard InChI is InChI=1S/C20H23ClN2O3/c1-25-17-10-9-14(13-18(17)26-2)20(24)22-16-8-6-7-15(21)19(16)23-11-4-3-5-12-23/h6-10,13H,3-5,11-12H2,1-2H3,(H,22,24). The predicted molar refractivity (Wildman–Crippen MR) is 105 cm³/mol. The van der Waals surface area contributed by atoms with Crippen molar-refractivity contribution in [3.05, 3.63) is 47.0 Å². The third-order valence-electron chi connectivity index (χ3n) is 4.55. The van der Waals surface area contributed by atoms with Crippen molar-refractivity contribution in [1.82, 2.24) is 0 Å². The highest BCUT2D eigenvalue weighted by atomic mass is 35.5. The summed E-state index contributed by atoms with van der Waals surface area (Å²) in [5, 5.41) is 3.64. The van der Waals surface area contributed by atoms with E-state index in [1.54, 1.807) is 32.4 Å². The Kier molecular flexibility index (Phi) is 5.89. The number of hydrogen-bond donors (Lipinski definition) is 1. The van der Waals surface area contributed by atoms with Crippen LogP contribution in [-0.4, -0.2) is 33.2 Å². The van der Waals surface area contributed by atoms with Gasteiger partial charge < -0.3 is 19.7 Å². The quantitative estimate of drug-likeness (QED) is 0.830. The second-order valence-corrected chi connectivity index (χ2v) is 6.61. The molecule has 5 nitrogen and oxygen atoms in total. The average molecular weight is 375 g/mol. The van der Waals surface area contributed by atoms with Crippen molar-refractivity contribution >= 4 is 28.9 Å². The van der Waals surface area contributed by atoms with Gasteiger partial charge in [0, 0.05) is 18.7 Å². The van der Waals surface area contributed by atoms with Crippen molar-refractivity contribution in [2.24, 2.45) is 0 Å². The van der Waals surface area contributed by atoms with E-state index in [0.29, 0.717) is 22.1 Å². The van der Waals surface area contributed by atoms with Crippen LogP contribution in [0.5, 0.6) is 11.5 Å². The molecule has 1 amide bonds. The molecule has 0 aromatic heterocycles. The van der Waals surface area contributed by atoms with E-state index in [4.69, 9.17) is 21.1 Å². The van der Waals surface area contributed by atoms with Crippen molar-refractivity contribution < 1.29 is 14.3 Å². The van der Waals surface area contributed by atoms with Gasteiger partial charge in [-0.2, -0.15) is 0 Å². The molecule has 0 saturated carbocycles. The lowest BCUT2D eigenvalue weighted by atomic mass is 10.1. The Labute approximate surface area is 158 Å². The maximum atomic E-state index is 12.8. The molecule has 0 unspecified atom stereocenters. The van der Waals surface area contributed by atoms with Crippen LogP contribution in [0.15, 0.2) is 36.4 Å². The molecule has 0 aliphatic carbocycles. The molecule has 138 valence electrons. The largest absolute Gasteiger partial charge is 0.493 e. The Morgan fingerprint density at radius 3 is 2.46 bits per heavy atom. The second-order valence-electron chi connectivity index (χ2n) is 6.21. The van der Waals surface area contributed by atoms with Crippen LogP contribution < -0.4 is 19.7 Å². The van der Waals surface area contributed by atoms with Crippen LogP contribution in [-0.2, 0) is 0 Å². The summed E-state index contributed by atoms with van der Waals surface area (Å²) in [5.74, 6) is 0.884. The zero-order valence-electron chi connectivity index (χ0n) is 15.0. The normalized spacial score (nSPS) is 14.0. The highest BCUT2D eigenvalue weighted by Gasteiger charge is 2.19. The summed E-state index contributed by atoms with van der Waals surface area (Å²) in [4.78, 5) is 15.0. The van der Waals surface area contributed by atoms with Gasteiger partial charge in [-0.3, -0.25) is 4.79 Å². The molecule has 0 spiro atoms. The maximum absolute atomic E-state index is 12.8. The molecule has 2 aromatic rings. The number of rotatable bonds is 5. The maximum Gasteiger partial charge on any atom is 0.255 e. The molecule has 0 atom stereocenters. The van der Waals surface area contributed by atoms with Crippen molar-refractivity contribution in [3.63, 3.8) is 0 Å². The van der Waals surface area contributed by atoms with Gasteiger partial charge in [-0.15, -0.1) is 0 Å². The van der Waals surface area contributed by atoms with E-state index in [1.165, 1.54) is 6.42 Å². The molecule has 1 N–H and O–H groups in total. The van der Waals surface area contributed by atoms with E-state index in [9.17, 15) is 4.79 Å². The monoisotopic (exact) mass is 374 g/mol. The fraction of sp³-hybridized carbons (Fsp3) is 0.350. The Morgan fingerprint density at radius 2 is 1.77 bits per heavy atom.